The molecule has 2 unspecified atom stereocenters. The van der Waals surface area contributed by atoms with Crippen molar-refractivity contribution in [2.45, 2.75) is 50.2 Å². The molecule has 4 heterocycles. The summed E-state index contributed by atoms with van der Waals surface area (Å²) in [5.74, 6) is 1.74. The van der Waals surface area contributed by atoms with Gasteiger partial charge < -0.3 is 18.9 Å². The van der Waals surface area contributed by atoms with Crippen LogP contribution < -0.4 is 9.47 Å². The van der Waals surface area contributed by atoms with Crippen LogP contribution in [0.5, 0.6) is 11.5 Å². The number of hydrogen-bond acceptors (Lipinski definition) is 4. The van der Waals surface area contributed by atoms with E-state index < -0.39 is 0 Å². The van der Waals surface area contributed by atoms with E-state index in [1.54, 1.807) is 0 Å². The lowest BCUT2D eigenvalue weighted by Gasteiger charge is -2.39. The highest BCUT2D eigenvalue weighted by atomic mass is 16.7. The lowest BCUT2D eigenvalue weighted by Crippen LogP contribution is -2.47. The molecule has 6 heteroatoms. The van der Waals surface area contributed by atoms with Gasteiger partial charge in [-0.2, -0.15) is 0 Å². The summed E-state index contributed by atoms with van der Waals surface area (Å²) in [6.45, 7) is 0.263. The van der Waals surface area contributed by atoms with E-state index in [1.165, 1.54) is 0 Å². The third-order valence-electron chi connectivity index (χ3n) is 5.74. The van der Waals surface area contributed by atoms with Gasteiger partial charge in [-0.15, -0.1) is 0 Å². The highest BCUT2D eigenvalue weighted by Crippen LogP contribution is 2.41. The molecule has 1 aromatic carbocycles. The average molecular weight is 339 g/mol. The van der Waals surface area contributed by atoms with Crippen LogP contribution in [0.3, 0.4) is 0 Å². The van der Waals surface area contributed by atoms with Crippen LogP contribution in [-0.4, -0.2) is 39.2 Å². The van der Waals surface area contributed by atoms with Crippen molar-refractivity contribution in [3.05, 3.63) is 42.5 Å². The van der Waals surface area contributed by atoms with E-state index in [0.717, 1.165) is 42.7 Å². The predicted octanol–water partition coefficient (Wildman–Crippen LogP) is 2.55. The summed E-state index contributed by atoms with van der Waals surface area (Å²) in [7, 11) is 0. The largest absolute Gasteiger partial charge is 0.454 e. The lowest BCUT2D eigenvalue weighted by molar-refractivity contribution is -0.135. The second-order valence-corrected chi connectivity index (χ2v) is 7.19. The Bertz CT molecular complexity index is 775. The zero-order valence-electron chi connectivity index (χ0n) is 14.0. The van der Waals surface area contributed by atoms with Gasteiger partial charge in [0.05, 0.1) is 12.7 Å². The molecule has 2 bridgehead atoms. The van der Waals surface area contributed by atoms with Gasteiger partial charge >= 0.3 is 0 Å². The first kappa shape index (κ1) is 14.8. The fourth-order valence-corrected chi connectivity index (χ4v) is 4.60. The number of fused-ring (bicyclic) bond motifs is 3. The first-order valence-corrected chi connectivity index (χ1v) is 8.95. The number of aromatic nitrogens is 2. The van der Waals surface area contributed by atoms with Crippen molar-refractivity contribution in [3.63, 3.8) is 0 Å². The van der Waals surface area contributed by atoms with Crippen molar-refractivity contribution < 1.29 is 14.3 Å². The highest BCUT2D eigenvalue weighted by molar-refractivity contribution is 5.80. The van der Waals surface area contributed by atoms with Crippen molar-refractivity contribution in [2.24, 2.45) is 0 Å². The molecule has 0 saturated carbocycles. The Labute approximate surface area is 146 Å². The van der Waals surface area contributed by atoms with Gasteiger partial charge in [0.25, 0.3) is 0 Å². The molecule has 0 N–H and O–H groups in total. The number of amides is 1. The van der Waals surface area contributed by atoms with Gasteiger partial charge in [-0.05, 0) is 43.4 Å². The summed E-state index contributed by atoms with van der Waals surface area (Å²) in [5, 5.41) is 0. The van der Waals surface area contributed by atoms with E-state index in [2.05, 4.69) is 14.5 Å². The summed E-state index contributed by atoms with van der Waals surface area (Å²) >= 11 is 0. The van der Waals surface area contributed by atoms with Crippen molar-refractivity contribution in [2.75, 3.05) is 6.79 Å². The smallest absolute Gasteiger partial charge is 0.231 e. The maximum absolute atomic E-state index is 13.0. The first-order chi connectivity index (χ1) is 12.3. The zero-order valence-corrected chi connectivity index (χ0v) is 14.0. The van der Waals surface area contributed by atoms with E-state index in [4.69, 9.17) is 9.47 Å². The summed E-state index contributed by atoms with van der Waals surface area (Å²) in [4.78, 5) is 19.3. The Morgan fingerprint density at radius 2 is 1.92 bits per heavy atom. The minimum absolute atomic E-state index is 0.232. The minimum atomic E-state index is 0.232. The van der Waals surface area contributed by atoms with E-state index in [-0.39, 0.29) is 12.7 Å². The summed E-state index contributed by atoms with van der Waals surface area (Å²) in [6.07, 6.45) is 10.5. The summed E-state index contributed by atoms with van der Waals surface area (Å²) in [5.41, 5.74) is 0.991. The second-order valence-electron chi connectivity index (χ2n) is 7.19. The number of rotatable bonds is 3. The van der Waals surface area contributed by atoms with Gasteiger partial charge in [-0.1, -0.05) is 6.07 Å². The van der Waals surface area contributed by atoms with Crippen LogP contribution in [-0.2, 0) is 11.2 Å². The van der Waals surface area contributed by atoms with Gasteiger partial charge in [-0.3, -0.25) is 4.79 Å². The molecule has 130 valence electrons. The molecule has 2 aromatic rings. The van der Waals surface area contributed by atoms with E-state index in [0.29, 0.717) is 24.5 Å². The van der Waals surface area contributed by atoms with Crippen LogP contribution in [0, 0.1) is 0 Å². The quantitative estimate of drug-likeness (QED) is 0.862. The minimum Gasteiger partial charge on any atom is -0.454 e. The zero-order chi connectivity index (χ0) is 16.8. The van der Waals surface area contributed by atoms with E-state index >= 15 is 0 Å². The molecular formula is C19H21N3O3. The van der Waals surface area contributed by atoms with Crippen molar-refractivity contribution in [1.29, 1.82) is 0 Å². The number of piperidine rings is 1. The normalized spacial score (nSPS) is 26.9. The number of benzene rings is 1. The topological polar surface area (TPSA) is 56.6 Å². The fraction of sp³-hybridized carbons (Fsp3) is 0.474. The third-order valence-corrected chi connectivity index (χ3v) is 5.74. The SMILES string of the molecule is O=C(Cc1ccc2c(c1)OCO2)N1C2CCC1CC(n1ccnc1)C2. The number of hydrogen-bond donors (Lipinski definition) is 0. The van der Waals surface area contributed by atoms with Gasteiger partial charge in [0.2, 0.25) is 12.7 Å². The molecule has 3 aliphatic rings. The van der Waals surface area contributed by atoms with Crippen LogP contribution >= 0.6 is 0 Å². The van der Waals surface area contributed by atoms with Crippen molar-refractivity contribution >= 4 is 5.91 Å². The number of ether oxygens (including phenoxy) is 2. The number of nitrogens with zero attached hydrogens (tertiary/aromatic N) is 3. The molecule has 2 saturated heterocycles. The van der Waals surface area contributed by atoms with Crippen molar-refractivity contribution in [3.8, 4) is 11.5 Å². The van der Waals surface area contributed by atoms with Crippen LogP contribution in [0.2, 0.25) is 0 Å². The van der Waals surface area contributed by atoms with Gasteiger partial charge in [0, 0.05) is 30.5 Å². The molecule has 0 aliphatic carbocycles. The molecule has 0 spiro atoms. The third kappa shape index (κ3) is 2.56. The van der Waals surface area contributed by atoms with Crippen LogP contribution in [0.4, 0.5) is 0 Å². The van der Waals surface area contributed by atoms with Gasteiger partial charge in [0.1, 0.15) is 0 Å². The average Bonchev–Trinajstić information content (AvgIpc) is 3.34. The van der Waals surface area contributed by atoms with E-state index in [1.807, 2.05) is 36.9 Å². The Morgan fingerprint density at radius 3 is 2.68 bits per heavy atom. The van der Waals surface area contributed by atoms with Crippen LogP contribution in [0.25, 0.3) is 0 Å². The maximum Gasteiger partial charge on any atom is 0.231 e. The monoisotopic (exact) mass is 339 g/mol. The Hall–Kier alpha value is -2.50. The highest BCUT2D eigenvalue weighted by Gasteiger charge is 2.43. The molecular weight excluding hydrogens is 318 g/mol. The van der Waals surface area contributed by atoms with Crippen LogP contribution in [0.15, 0.2) is 36.9 Å². The predicted molar refractivity (Wildman–Crippen MR) is 90.4 cm³/mol. The van der Waals surface area contributed by atoms with E-state index in [9.17, 15) is 4.79 Å². The maximum atomic E-state index is 13.0. The van der Waals surface area contributed by atoms with Crippen LogP contribution in [0.1, 0.15) is 37.3 Å². The molecule has 5 rings (SSSR count). The second kappa shape index (κ2) is 5.79. The molecule has 25 heavy (non-hydrogen) atoms. The standard InChI is InChI=1S/C19H21N3O3/c23-19(8-13-1-4-17-18(7-13)25-12-24-17)22-14-2-3-15(22)10-16(9-14)21-6-5-20-11-21/h1,4-7,11,14-16H,2-3,8-10,12H2. The number of carbonyl (C=O) groups is 1. The number of carbonyl (C=O) groups excluding carboxylic acids is 1. The Morgan fingerprint density at radius 1 is 1.12 bits per heavy atom. The fourth-order valence-electron chi connectivity index (χ4n) is 4.60. The van der Waals surface area contributed by atoms with Crippen molar-refractivity contribution in [1.82, 2.24) is 14.5 Å². The molecule has 0 radical (unpaired) electrons. The van der Waals surface area contributed by atoms with Gasteiger partial charge in [-0.25, -0.2) is 4.98 Å². The molecule has 3 aliphatic heterocycles. The summed E-state index contributed by atoms with van der Waals surface area (Å²) in [6, 6.07) is 6.96. The molecule has 1 aromatic heterocycles. The molecule has 6 nitrogen and oxygen atoms in total. The lowest BCUT2D eigenvalue weighted by atomic mass is 9.96. The van der Waals surface area contributed by atoms with Gasteiger partial charge in [0.15, 0.2) is 11.5 Å². The first-order valence-electron chi connectivity index (χ1n) is 8.95. The Kier molecular flexibility index (Phi) is 3.43. The molecule has 2 atom stereocenters. The molecule has 1 amide bonds. The number of imidazole rings is 1. The summed E-state index contributed by atoms with van der Waals surface area (Å²) < 4.78 is 13.0. The Balaban J connectivity index is 1.30. The molecule has 2 fully saturated rings.